The summed E-state index contributed by atoms with van der Waals surface area (Å²) in [6.45, 7) is 6.71. The topological polar surface area (TPSA) is 62.9 Å². The first-order chi connectivity index (χ1) is 11.1. The Morgan fingerprint density at radius 2 is 1.87 bits per heavy atom. The maximum Gasteiger partial charge on any atom is 0.351 e. The van der Waals surface area contributed by atoms with Crippen LogP contribution in [0.1, 0.15) is 25.2 Å². The van der Waals surface area contributed by atoms with E-state index in [-0.39, 0.29) is 12.4 Å². The number of rotatable bonds is 8. The molecule has 0 spiro atoms. The van der Waals surface area contributed by atoms with Gasteiger partial charge in [-0.3, -0.25) is 0 Å². The number of hydrogen-bond acceptors (Lipinski definition) is 5. The molecule has 0 unspecified atom stereocenters. The molecule has 23 heavy (non-hydrogen) atoms. The molecule has 0 radical (unpaired) electrons. The second-order valence-corrected chi connectivity index (χ2v) is 5.22. The normalized spacial score (nSPS) is 13.7. The summed E-state index contributed by atoms with van der Waals surface area (Å²) in [6, 6.07) is 11.9. The standard InChI is InChI=1S/C18H23NO4/c1-3-19(4-2)12-14-23-17(20)18(21,16-11-8-13-22-16)15-9-6-5-7-10-15/h5-11,13,21H,3-4,12,14H2,1-2H3/t18-/m1/s1. The minimum atomic E-state index is -1.94. The number of aliphatic hydroxyl groups is 1. The maximum absolute atomic E-state index is 12.6. The smallest absolute Gasteiger partial charge is 0.351 e. The van der Waals surface area contributed by atoms with Gasteiger partial charge in [0.15, 0.2) is 5.76 Å². The molecule has 0 aliphatic carbocycles. The van der Waals surface area contributed by atoms with Gasteiger partial charge in [0.1, 0.15) is 6.61 Å². The van der Waals surface area contributed by atoms with E-state index < -0.39 is 11.6 Å². The number of nitrogens with zero attached hydrogens (tertiary/aromatic N) is 1. The fourth-order valence-corrected chi connectivity index (χ4v) is 2.44. The van der Waals surface area contributed by atoms with E-state index in [1.54, 1.807) is 36.4 Å². The van der Waals surface area contributed by atoms with Crippen LogP contribution in [0.4, 0.5) is 0 Å². The van der Waals surface area contributed by atoms with Crippen LogP contribution in [0.15, 0.2) is 53.1 Å². The molecule has 0 bridgehead atoms. The van der Waals surface area contributed by atoms with Gasteiger partial charge in [-0.05, 0) is 25.2 Å². The van der Waals surface area contributed by atoms with Crippen LogP contribution in [-0.2, 0) is 15.1 Å². The molecule has 1 aromatic carbocycles. The molecule has 0 saturated carbocycles. The van der Waals surface area contributed by atoms with Crippen LogP contribution >= 0.6 is 0 Å². The number of likely N-dealkylation sites (N-methyl/N-ethyl adjacent to an activating group) is 1. The fraction of sp³-hybridized carbons (Fsp3) is 0.389. The van der Waals surface area contributed by atoms with Crippen LogP contribution in [0.2, 0.25) is 0 Å². The molecule has 0 aliphatic heterocycles. The quantitative estimate of drug-likeness (QED) is 0.758. The van der Waals surface area contributed by atoms with Crippen molar-refractivity contribution in [3.05, 3.63) is 60.1 Å². The van der Waals surface area contributed by atoms with Gasteiger partial charge in [-0.1, -0.05) is 44.2 Å². The second-order valence-electron chi connectivity index (χ2n) is 5.22. The first-order valence-corrected chi connectivity index (χ1v) is 7.84. The van der Waals surface area contributed by atoms with Gasteiger partial charge in [-0.15, -0.1) is 0 Å². The van der Waals surface area contributed by atoms with Gasteiger partial charge in [-0.25, -0.2) is 4.79 Å². The van der Waals surface area contributed by atoms with Gasteiger partial charge in [0.25, 0.3) is 0 Å². The predicted octanol–water partition coefficient (Wildman–Crippen LogP) is 2.40. The number of benzene rings is 1. The van der Waals surface area contributed by atoms with Crippen molar-refractivity contribution >= 4 is 5.97 Å². The molecule has 1 aromatic heterocycles. The minimum Gasteiger partial charge on any atom is -0.465 e. The lowest BCUT2D eigenvalue weighted by atomic mass is 9.91. The molecule has 0 saturated heterocycles. The molecule has 0 fully saturated rings. The lowest BCUT2D eigenvalue weighted by molar-refractivity contribution is -0.164. The Bertz CT molecular complexity index is 593. The Labute approximate surface area is 136 Å². The van der Waals surface area contributed by atoms with Crippen LogP contribution in [-0.4, -0.2) is 42.2 Å². The van der Waals surface area contributed by atoms with Crippen molar-refractivity contribution in [2.45, 2.75) is 19.4 Å². The highest BCUT2D eigenvalue weighted by molar-refractivity contribution is 5.84. The molecule has 5 nitrogen and oxygen atoms in total. The highest BCUT2D eigenvalue weighted by atomic mass is 16.6. The third kappa shape index (κ3) is 3.81. The highest BCUT2D eigenvalue weighted by Crippen LogP contribution is 2.31. The molecule has 0 aliphatic rings. The summed E-state index contributed by atoms with van der Waals surface area (Å²) in [4.78, 5) is 14.7. The molecular weight excluding hydrogens is 294 g/mol. The van der Waals surface area contributed by atoms with Gasteiger partial charge < -0.3 is 19.2 Å². The van der Waals surface area contributed by atoms with Crippen LogP contribution in [0, 0.1) is 0 Å². The van der Waals surface area contributed by atoms with Crippen LogP contribution in [0.25, 0.3) is 0 Å². The zero-order valence-electron chi connectivity index (χ0n) is 13.6. The summed E-state index contributed by atoms with van der Waals surface area (Å²) in [7, 11) is 0. The van der Waals surface area contributed by atoms with Gasteiger partial charge in [0.05, 0.1) is 6.26 Å². The van der Waals surface area contributed by atoms with Crippen molar-refractivity contribution < 1.29 is 19.1 Å². The van der Waals surface area contributed by atoms with Crippen molar-refractivity contribution in [3.8, 4) is 0 Å². The van der Waals surface area contributed by atoms with Crippen molar-refractivity contribution in [2.24, 2.45) is 0 Å². The fourth-order valence-electron chi connectivity index (χ4n) is 2.44. The average molecular weight is 317 g/mol. The lowest BCUT2D eigenvalue weighted by Gasteiger charge is -2.25. The van der Waals surface area contributed by atoms with Crippen LogP contribution in [0.5, 0.6) is 0 Å². The first-order valence-electron chi connectivity index (χ1n) is 7.84. The monoisotopic (exact) mass is 317 g/mol. The van der Waals surface area contributed by atoms with Crippen molar-refractivity contribution in [1.82, 2.24) is 4.90 Å². The van der Waals surface area contributed by atoms with Crippen molar-refractivity contribution in [1.29, 1.82) is 0 Å². The van der Waals surface area contributed by atoms with E-state index in [1.165, 1.54) is 6.26 Å². The molecule has 2 rings (SSSR count). The number of ether oxygens (including phenoxy) is 1. The summed E-state index contributed by atoms with van der Waals surface area (Å²) >= 11 is 0. The molecule has 0 amide bonds. The minimum absolute atomic E-state index is 0.150. The molecular formula is C18H23NO4. The summed E-state index contributed by atoms with van der Waals surface area (Å²) in [5, 5.41) is 11.0. The number of hydrogen-bond donors (Lipinski definition) is 1. The summed E-state index contributed by atoms with van der Waals surface area (Å²) in [6.07, 6.45) is 1.42. The predicted molar refractivity (Wildman–Crippen MR) is 86.9 cm³/mol. The van der Waals surface area contributed by atoms with E-state index in [9.17, 15) is 9.90 Å². The van der Waals surface area contributed by atoms with E-state index in [4.69, 9.17) is 9.15 Å². The Balaban J connectivity index is 2.17. The van der Waals surface area contributed by atoms with E-state index in [0.29, 0.717) is 12.1 Å². The van der Waals surface area contributed by atoms with E-state index in [2.05, 4.69) is 18.7 Å². The summed E-state index contributed by atoms with van der Waals surface area (Å²) < 4.78 is 10.6. The molecule has 2 aromatic rings. The van der Waals surface area contributed by atoms with Crippen molar-refractivity contribution in [2.75, 3.05) is 26.2 Å². The third-order valence-corrected chi connectivity index (χ3v) is 3.90. The zero-order chi connectivity index (χ0) is 16.7. The zero-order valence-corrected chi connectivity index (χ0v) is 13.6. The average Bonchev–Trinajstić information content (AvgIpc) is 3.13. The van der Waals surface area contributed by atoms with Gasteiger partial charge in [0.2, 0.25) is 5.60 Å². The number of esters is 1. The number of carbonyl (C=O) groups is 1. The van der Waals surface area contributed by atoms with Crippen LogP contribution in [0.3, 0.4) is 0 Å². The summed E-state index contributed by atoms with van der Waals surface area (Å²) in [5.41, 5.74) is -1.52. The number of carbonyl (C=O) groups excluding carboxylic acids is 1. The Morgan fingerprint density at radius 3 is 2.43 bits per heavy atom. The second kappa shape index (κ2) is 7.94. The van der Waals surface area contributed by atoms with Gasteiger partial charge >= 0.3 is 5.97 Å². The highest BCUT2D eigenvalue weighted by Gasteiger charge is 2.44. The van der Waals surface area contributed by atoms with Gasteiger partial charge in [-0.2, -0.15) is 0 Å². The Hall–Kier alpha value is -2.11. The third-order valence-electron chi connectivity index (χ3n) is 3.90. The molecule has 124 valence electrons. The maximum atomic E-state index is 12.6. The van der Waals surface area contributed by atoms with Crippen molar-refractivity contribution in [3.63, 3.8) is 0 Å². The summed E-state index contributed by atoms with van der Waals surface area (Å²) in [5.74, 6) is -0.581. The lowest BCUT2D eigenvalue weighted by Crippen LogP contribution is -2.39. The molecule has 1 atom stereocenters. The SMILES string of the molecule is CCN(CC)CCOC(=O)[C@@](O)(c1ccccc1)c1ccco1. The van der Waals surface area contributed by atoms with Crippen LogP contribution < -0.4 is 0 Å². The van der Waals surface area contributed by atoms with Gasteiger partial charge in [0, 0.05) is 12.1 Å². The van der Waals surface area contributed by atoms with E-state index >= 15 is 0 Å². The van der Waals surface area contributed by atoms with E-state index in [0.717, 1.165) is 13.1 Å². The number of furan rings is 1. The Morgan fingerprint density at radius 1 is 1.17 bits per heavy atom. The first kappa shape index (κ1) is 17.2. The molecule has 1 N–H and O–H groups in total. The molecule has 5 heteroatoms. The molecule has 1 heterocycles. The largest absolute Gasteiger partial charge is 0.465 e. The Kier molecular flexibility index (Phi) is 5.96. The van der Waals surface area contributed by atoms with E-state index in [1.807, 2.05) is 6.07 Å².